The van der Waals surface area contributed by atoms with E-state index in [0.717, 1.165) is 60.6 Å². The summed E-state index contributed by atoms with van der Waals surface area (Å²) in [5, 5.41) is 15.1. The number of hydrogen-bond acceptors (Lipinski definition) is 5. The number of benzene rings is 6. The van der Waals surface area contributed by atoms with Crippen LogP contribution in [0, 0.1) is 0 Å². The van der Waals surface area contributed by atoms with Gasteiger partial charge in [0.05, 0.1) is 16.9 Å². The second-order valence-corrected chi connectivity index (χ2v) is 11.2. The average molecular weight is 596 g/mol. The average Bonchev–Trinajstić information content (AvgIpc) is 3.68. The van der Waals surface area contributed by atoms with Gasteiger partial charge in [0.1, 0.15) is 11.1 Å². The normalized spacial score (nSPS) is 11.6. The summed E-state index contributed by atoms with van der Waals surface area (Å²) in [5.74, 6) is 0.180. The molecule has 0 spiro atoms. The second kappa shape index (κ2) is 10.4. The van der Waals surface area contributed by atoms with E-state index in [1.807, 2.05) is 102 Å². The molecule has 0 saturated heterocycles. The molecule has 0 amide bonds. The standard InChI is InChI=1S/C40H25N3O3/c44-35-21-20-31-30-15-6-7-19-36(30)45-38(31)39(35)46-40-42-37-29(16-10-18-34(37)43(40)27-12-2-1-3-13-27)26-23-25-11-4-5-14-28(25)32(24-26)33-17-8-9-22-41-33/h1-24,44H. The van der Waals surface area contributed by atoms with Crippen LogP contribution in [0.15, 0.2) is 150 Å². The molecule has 0 radical (unpaired) electrons. The molecule has 0 saturated carbocycles. The van der Waals surface area contributed by atoms with Crippen LogP contribution in [-0.4, -0.2) is 19.6 Å². The van der Waals surface area contributed by atoms with Crippen molar-refractivity contribution in [3.05, 3.63) is 146 Å². The summed E-state index contributed by atoms with van der Waals surface area (Å²) in [5.41, 5.74) is 7.59. The molecule has 0 fully saturated rings. The molecular formula is C40H25N3O3. The molecule has 9 aromatic rings. The van der Waals surface area contributed by atoms with Gasteiger partial charge in [-0.3, -0.25) is 9.55 Å². The molecule has 0 bridgehead atoms. The van der Waals surface area contributed by atoms with Crippen molar-refractivity contribution in [2.75, 3.05) is 0 Å². The first-order chi connectivity index (χ1) is 22.7. The van der Waals surface area contributed by atoms with Gasteiger partial charge in [-0.05, 0) is 77.0 Å². The molecule has 9 rings (SSSR count). The smallest absolute Gasteiger partial charge is 0.307 e. The van der Waals surface area contributed by atoms with Crippen LogP contribution in [0.5, 0.6) is 17.5 Å². The molecule has 46 heavy (non-hydrogen) atoms. The van der Waals surface area contributed by atoms with Crippen LogP contribution >= 0.6 is 0 Å². The third kappa shape index (κ3) is 4.12. The van der Waals surface area contributed by atoms with Gasteiger partial charge in [-0.1, -0.05) is 78.9 Å². The topological polar surface area (TPSA) is 73.3 Å². The van der Waals surface area contributed by atoms with Gasteiger partial charge in [0, 0.05) is 28.1 Å². The van der Waals surface area contributed by atoms with Crippen LogP contribution in [0.3, 0.4) is 0 Å². The van der Waals surface area contributed by atoms with Crippen LogP contribution < -0.4 is 4.74 Å². The highest BCUT2D eigenvalue weighted by atomic mass is 16.5. The molecule has 0 unspecified atom stereocenters. The molecule has 3 aromatic heterocycles. The minimum absolute atomic E-state index is 0.0343. The van der Waals surface area contributed by atoms with E-state index >= 15 is 0 Å². The molecule has 0 aliphatic rings. The number of para-hydroxylation sites is 3. The highest BCUT2D eigenvalue weighted by molar-refractivity contribution is 6.08. The first-order valence-corrected chi connectivity index (χ1v) is 15.1. The number of hydrogen-bond donors (Lipinski definition) is 1. The maximum atomic E-state index is 11.1. The highest BCUT2D eigenvalue weighted by Gasteiger charge is 2.23. The molecule has 1 N–H and O–H groups in total. The van der Waals surface area contributed by atoms with Gasteiger partial charge in [-0.2, -0.15) is 4.98 Å². The third-order valence-corrected chi connectivity index (χ3v) is 8.46. The lowest BCUT2D eigenvalue weighted by molar-refractivity contribution is 0.388. The number of imidazole rings is 1. The summed E-state index contributed by atoms with van der Waals surface area (Å²) in [4.78, 5) is 9.79. The van der Waals surface area contributed by atoms with E-state index < -0.39 is 0 Å². The Morgan fingerprint density at radius 1 is 0.652 bits per heavy atom. The van der Waals surface area contributed by atoms with E-state index in [-0.39, 0.29) is 11.5 Å². The zero-order valence-electron chi connectivity index (χ0n) is 24.5. The Hall–Kier alpha value is -6.40. The molecule has 0 aliphatic heterocycles. The number of aromatic hydroxyl groups is 1. The summed E-state index contributed by atoms with van der Waals surface area (Å²) in [7, 11) is 0. The highest BCUT2D eigenvalue weighted by Crippen LogP contribution is 2.44. The van der Waals surface area contributed by atoms with E-state index in [1.165, 1.54) is 0 Å². The Morgan fingerprint density at radius 2 is 1.46 bits per heavy atom. The van der Waals surface area contributed by atoms with E-state index in [4.69, 9.17) is 14.1 Å². The fourth-order valence-electron chi connectivity index (χ4n) is 6.35. The van der Waals surface area contributed by atoms with Gasteiger partial charge in [0.15, 0.2) is 11.3 Å². The molecule has 218 valence electrons. The third-order valence-electron chi connectivity index (χ3n) is 8.46. The number of fused-ring (bicyclic) bond motifs is 5. The number of phenols is 1. The van der Waals surface area contributed by atoms with Gasteiger partial charge < -0.3 is 14.3 Å². The van der Waals surface area contributed by atoms with Crippen molar-refractivity contribution in [2.24, 2.45) is 0 Å². The lowest BCUT2D eigenvalue weighted by Crippen LogP contribution is -1.98. The predicted molar refractivity (Wildman–Crippen MR) is 183 cm³/mol. The summed E-state index contributed by atoms with van der Waals surface area (Å²) in [6.07, 6.45) is 1.82. The molecule has 0 aliphatic carbocycles. The maximum absolute atomic E-state index is 11.1. The van der Waals surface area contributed by atoms with Crippen molar-refractivity contribution in [1.82, 2.24) is 14.5 Å². The second-order valence-electron chi connectivity index (χ2n) is 11.2. The summed E-state index contributed by atoms with van der Waals surface area (Å²) in [6.45, 7) is 0. The van der Waals surface area contributed by atoms with Gasteiger partial charge in [-0.15, -0.1) is 0 Å². The SMILES string of the molecule is Oc1ccc2c(oc3ccccc32)c1Oc1nc2c(-c3cc(-c4ccccn4)c4ccccc4c3)cccc2n1-c1ccccc1. The predicted octanol–water partition coefficient (Wildman–Crippen LogP) is 10.3. The number of pyridine rings is 1. The van der Waals surface area contributed by atoms with Gasteiger partial charge in [0.2, 0.25) is 5.75 Å². The number of aromatic nitrogens is 3. The van der Waals surface area contributed by atoms with Crippen molar-refractivity contribution in [3.63, 3.8) is 0 Å². The van der Waals surface area contributed by atoms with Crippen LogP contribution in [0.2, 0.25) is 0 Å². The van der Waals surface area contributed by atoms with Crippen molar-refractivity contribution >= 4 is 43.7 Å². The van der Waals surface area contributed by atoms with Crippen LogP contribution in [-0.2, 0) is 0 Å². The monoisotopic (exact) mass is 595 g/mol. The lowest BCUT2D eigenvalue weighted by Gasteiger charge is -2.12. The molecule has 6 heteroatoms. The summed E-state index contributed by atoms with van der Waals surface area (Å²) >= 11 is 0. The van der Waals surface area contributed by atoms with E-state index in [2.05, 4.69) is 47.4 Å². The fourth-order valence-corrected chi connectivity index (χ4v) is 6.35. The number of nitrogens with zero attached hydrogens (tertiary/aromatic N) is 3. The molecule has 3 heterocycles. The zero-order valence-corrected chi connectivity index (χ0v) is 24.5. The summed E-state index contributed by atoms with van der Waals surface area (Å²) in [6, 6.07) is 46.4. The van der Waals surface area contributed by atoms with Crippen LogP contribution in [0.25, 0.3) is 71.8 Å². The Morgan fingerprint density at radius 3 is 2.33 bits per heavy atom. The van der Waals surface area contributed by atoms with Crippen molar-refractivity contribution in [3.8, 4) is 45.6 Å². The minimum Gasteiger partial charge on any atom is -0.504 e. The van der Waals surface area contributed by atoms with Crippen molar-refractivity contribution in [1.29, 1.82) is 0 Å². The molecule has 6 nitrogen and oxygen atoms in total. The number of rotatable bonds is 5. The Bertz CT molecular complexity index is 2570. The Labute approximate surface area is 263 Å². The Kier molecular flexibility index (Phi) is 5.86. The fraction of sp³-hybridized carbons (Fsp3) is 0. The van der Waals surface area contributed by atoms with Gasteiger partial charge >= 0.3 is 6.01 Å². The van der Waals surface area contributed by atoms with Crippen molar-refractivity contribution < 1.29 is 14.3 Å². The van der Waals surface area contributed by atoms with Crippen LogP contribution in [0.1, 0.15) is 0 Å². The van der Waals surface area contributed by atoms with Gasteiger partial charge in [0.25, 0.3) is 0 Å². The van der Waals surface area contributed by atoms with E-state index in [1.54, 1.807) is 6.07 Å². The zero-order chi connectivity index (χ0) is 30.6. The van der Waals surface area contributed by atoms with Crippen molar-refractivity contribution in [2.45, 2.75) is 0 Å². The largest absolute Gasteiger partial charge is 0.504 e. The van der Waals surface area contributed by atoms with Crippen LogP contribution in [0.4, 0.5) is 0 Å². The molecule has 0 atom stereocenters. The Balaban J connectivity index is 1.29. The molecule has 6 aromatic carbocycles. The van der Waals surface area contributed by atoms with Gasteiger partial charge in [-0.25, -0.2) is 0 Å². The number of phenolic OH excluding ortho intramolecular Hbond substituents is 1. The first kappa shape index (κ1) is 26.0. The first-order valence-electron chi connectivity index (χ1n) is 15.1. The number of ether oxygens (including phenoxy) is 1. The van der Waals surface area contributed by atoms with E-state index in [9.17, 15) is 5.11 Å². The lowest BCUT2D eigenvalue weighted by atomic mass is 9.94. The maximum Gasteiger partial charge on any atom is 0.307 e. The molecular weight excluding hydrogens is 570 g/mol. The summed E-state index contributed by atoms with van der Waals surface area (Å²) < 4.78 is 14.8. The quantitative estimate of drug-likeness (QED) is 0.214. The minimum atomic E-state index is -0.0343. The number of furan rings is 1. The van der Waals surface area contributed by atoms with E-state index in [0.29, 0.717) is 17.2 Å².